The van der Waals surface area contributed by atoms with E-state index in [-0.39, 0.29) is 6.54 Å². The molecular formula is C21H24N4O4S. The molecule has 1 aliphatic rings. The van der Waals surface area contributed by atoms with Gasteiger partial charge in [-0.15, -0.1) is 11.3 Å². The lowest BCUT2D eigenvalue weighted by Gasteiger charge is -2.26. The van der Waals surface area contributed by atoms with Crippen molar-refractivity contribution in [3.05, 3.63) is 41.5 Å². The van der Waals surface area contributed by atoms with E-state index in [2.05, 4.69) is 20.3 Å². The van der Waals surface area contributed by atoms with Gasteiger partial charge in [-0.05, 0) is 5.56 Å². The second-order valence-corrected chi connectivity index (χ2v) is 7.85. The Labute approximate surface area is 178 Å². The number of aromatic nitrogens is 2. The Morgan fingerprint density at radius 2 is 2.07 bits per heavy atom. The number of aliphatic hydroxyl groups is 1. The summed E-state index contributed by atoms with van der Waals surface area (Å²) in [7, 11) is 1.25. The Kier molecular flexibility index (Phi) is 6.53. The van der Waals surface area contributed by atoms with E-state index in [9.17, 15) is 9.90 Å². The SMILES string of the molecule is COC(=O)[C@@H](O)CNc1nc(CN2CCOCC2)nc2scc(-c3ccccc3)c12. The predicted molar refractivity (Wildman–Crippen MR) is 115 cm³/mol. The normalized spacial score (nSPS) is 15.8. The maximum atomic E-state index is 11.6. The molecule has 3 heterocycles. The van der Waals surface area contributed by atoms with Crippen LogP contribution in [-0.4, -0.2) is 72.0 Å². The van der Waals surface area contributed by atoms with Gasteiger partial charge in [-0.3, -0.25) is 4.90 Å². The average molecular weight is 429 g/mol. The van der Waals surface area contributed by atoms with Gasteiger partial charge in [-0.2, -0.15) is 0 Å². The number of ether oxygens (including phenoxy) is 2. The Balaban J connectivity index is 1.69. The molecule has 0 saturated carbocycles. The monoisotopic (exact) mass is 428 g/mol. The average Bonchev–Trinajstić information content (AvgIpc) is 3.22. The molecule has 0 bridgehead atoms. The molecule has 0 aliphatic carbocycles. The zero-order chi connectivity index (χ0) is 20.9. The first kappa shape index (κ1) is 20.7. The molecule has 0 spiro atoms. The van der Waals surface area contributed by atoms with Crippen molar-refractivity contribution < 1.29 is 19.4 Å². The zero-order valence-electron chi connectivity index (χ0n) is 16.7. The lowest BCUT2D eigenvalue weighted by atomic mass is 10.1. The van der Waals surface area contributed by atoms with Gasteiger partial charge in [-0.25, -0.2) is 14.8 Å². The summed E-state index contributed by atoms with van der Waals surface area (Å²) < 4.78 is 10.0. The summed E-state index contributed by atoms with van der Waals surface area (Å²) in [6.45, 7) is 3.70. The first-order valence-electron chi connectivity index (χ1n) is 9.79. The van der Waals surface area contributed by atoms with Crippen molar-refractivity contribution in [3.8, 4) is 11.1 Å². The molecule has 158 valence electrons. The highest BCUT2D eigenvalue weighted by molar-refractivity contribution is 7.17. The summed E-state index contributed by atoms with van der Waals surface area (Å²) in [4.78, 5) is 24.3. The van der Waals surface area contributed by atoms with Crippen molar-refractivity contribution in [3.63, 3.8) is 0 Å². The van der Waals surface area contributed by atoms with Crippen molar-refractivity contribution in [2.45, 2.75) is 12.6 Å². The fraction of sp³-hybridized carbons (Fsp3) is 0.381. The van der Waals surface area contributed by atoms with Crippen LogP contribution in [0.4, 0.5) is 5.82 Å². The molecule has 0 unspecified atom stereocenters. The third-order valence-corrected chi connectivity index (χ3v) is 5.84. The summed E-state index contributed by atoms with van der Waals surface area (Å²) in [6, 6.07) is 10.0. The van der Waals surface area contributed by atoms with Gasteiger partial charge in [-0.1, -0.05) is 30.3 Å². The third kappa shape index (κ3) is 4.59. The maximum absolute atomic E-state index is 11.6. The molecule has 1 saturated heterocycles. The minimum absolute atomic E-state index is 0.000142. The maximum Gasteiger partial charge on any atom is 0.336 e. The van der Waals surface area contributed by atoms with Crippen molar-refractivity contribution in [1.29, 1.82) is 0 Å². The Bertz CT molecular complexity index is 1000. The number of methoxy groups -OCH3 is 1. The lowest BCUT2D eigenvalue weighted by molar-refractivity contribution is -0.149. The molecule has 2 aromatic heterocycles. The van der Waals surface area contributed by atoms with E-state index < -0.39 is 12.1 Å². The van der Waals surface area contributed by atoms with Crippen LogP contribution >= 0.6 is 11.3 Å². The van der Waals surface area contributed by atoms with E-state index in [0.29, 0.717) is 31.4 Å². The van der Waals surface area contributed by atoms with Crippen LogP contribution in [0.5, 0.6) is 0 Å². The number of morpholine rings is 1. The fourth-order valence-corrected chi connectivity index (χ4v) is 4.35. The number of hydrogen-bond donors (Lipinski definition) is 2. The number of benzene rings is 1. The minimum Gasteiger partial charge on any atom is -0.467 e. The standard InChI is InChI=1S/C21H24N4O4S/c1-28-21(27)16(26)11-22-19-18-15(14-5-3-2-4-6-14)13-30-20(18)24-17(23-19)12-25-7-9-29-10-8-25/h2-6,13,16,26H,7-12H2,1H3,(H,22,23,24)/t16-/m0/s1. The smallest absolute Gasteiger partial charge is 0.336 e. The van der Waals surface area contributed by atoms with Gasteiger partial charge in [0.2, 0.25) is 0 Å². The second-order valence-electron chi connectivity index (χ2n) is 6.99. The highest BCUT2D eigenvalue weighted by atomic mass is 32.1. The molecule has 30 heavy (non-hydrogen) atoms. The first-order valence-corrected chi connectivity index (χ1v) is 10.7. The van der Waals surface area contributed by atoms with Crippen LogP contribution in [0.1, 0.15) is 5.82 Å². The number of fused-ring (bicyclic) bond motifs is 1. The molecule has 1 aromatic carbocycles. The van der Waals surface area contributed by atoms with E-state index in [0.717, 1.165) is 34.4 Å². The number of hydrogen-bond acceptors (Lipinski definition) is 9. The summed E-state index contributed by atoms with van der Waals surface area (Å²) in [5.74, 6) is 0.613. The lowest BCUT2D eigenvalue weighted by Crippen LogP contribution is -2.36. The van der Waals surface area contributed by atoms with E-state index in [1.807, 2.05) is 30.3 Å². The number of nitrogens with one attached hydrogen (secondary N) is 1. The highest BCUT2D eigenvalue weighted by Gasteiger charge is 2.20. The van der Waals surface area contributed by atoms with E-state index in [4.69, 9.17) is 14.7 Å². The molecule has 8 nitrogen and oxygen atoms in total. The van der Waals surface area contributed by atoms with Crippen molar-refractivity contribution in [1.82, 2.24) is 14.9 Å². The van der Waals surface area contributed by atoms with Crippen LogP contribution < -0.4 is 5.32 Å². The summed E-state index contributed by atoms with van der Waals surface area (Å²) in [5, 5.41) is 16.1. The Morgan fingerprint density at radius 1 is 1.30 bits per heavy atom. The number of nitrogens with zero attached hydrogens (tertiary/aromatic N) is 3. The molecule has 4 rings (SSSR count). The quantitative estimate of drug-likeness (QED) is 0.553. The van der Waals surface area contributed by atoms with Crippen molar-refractivity contribution in [2.75, 3.05) is 45.3 Å². The molecule has 1 aliphatic heterocycles. The molecule has 1 atom stereocenters. The topological polar surface area (TPSA) is 96.8 Å². The van der Waals surface area contributed by atoms with Gasteiger partial charge >= 0.3 is 5.97 Å². The predicted octanol–water partition coefficient (Wildman–Crippen LogP) is 2.14. The summed E-state index contributed by atoms with van der Waals surface area (Å²) >= 11 is 1.56. The van der Waals surface area contributed by atoms with Gasteiger partial charge in [0, 0.05) is 24.0 Å². The van der Waals surface area contributed by atoms with E-state index in [1.165, 1.54) is 7.11 Å². The number of thiophene rings is 1. The molecule has 0 amide bonds. The van der Waals surface area contributed by atoms with E-state index >= 15 is 0 Å². The number of carbonyl (C=O) groups is 1. The molecule has 0 radical (unpaired) electrons. The van der Waals surface area contributed by atoms with Crippen LogP contribution in [0, 0.1) is 0 Å². The van der Waals surface area contributed by atoms with E-state index in [1.54, 1.807) is 11.3 Å². The fourth-order valence-electron chi connectivity index (χ4n) is 3.39. The number of anilines is 1. The number of rotatable bonds is 7. The largest absolute Gasteiger partial charge is 0.467 e. The Morgan fingerprint density at radius 3 is 2.80 bits per heavy atom. The van der Waals surface area contributed by atoms with Crippen LogP contribution in [0.2, 0.25) is 0 Å². The second kappa shape index (κ2) is 9.48. The summed E-state index contributed by atoms with van der Waals surface area (Å²) in [6.07, 6.45) is -1.28. The number of aliphatic hydroxyl groups excluding tert-OH is 1. The number of esters is 1. The highest BCUT2D eigenvalue weighted by Crippen LogP contribution is 2.37. The van der Waals surface area contributed by atoms with Crippen LogP contribution in [-0.2, 0) is 20.8 Å². The van der Waals surface area contributed by atoms with Gasteiger partial charge in [0.05, 0.1) is 38.8 Å². The van der Waals surface area contributed by atoms with Crippen LogP contribution in [0.25, 0.3) is 21.3 Å². The van der Waals surface area contributed by atoms with Crippen molar-refractivity contribution >= 4 is 33.3 Å². The van der Waals surface area contributed by atoms with Gasteiger partial charge in [0.15, 0.2) is 6.10 Å². The Hall–Kier alpha value is -2.59. The molecule has 1 fully saturated rings. The van der Waals surface area contributed by atoms with Crippen LogP contribution in [0.3, 0.4) is 0 Å². The van der Waals surface area contributed by atoms with Gasteiger partial charge < -0.3 is 19.9 Å². The molecule has 2 N–H and O–H groups in total. The third-order valence-electron chi connectivity index (χ3n) is 4.97. The molecule has 9 heteroatoms. The van der Waals surface area contributed by atoms with Gasteiger partial charge in [0.1, 0.15) is 16.5 Å². The summed E-state index contributed by atoms with van der Waals surface area (Å²) in [5.41, 5.74) is 2.08. The number of carbonyl (C=O) groups excluding carboxylic acids is 1. The molecular weight excluding hydrogens is 404 g/mol. The minimum atomic E-state index is -1.28. The first-order chi connectivity index (χ1) is 14.7. The zero-order valence-corrected chi connectivity index (χ0v) is 17.5. The van der Waals surface area contributed by atoms with Crippen LogP contribution in [0.15, 0.2) is 35.7 Å². The molecule has 3 aromatic rings. The van der Waals surface area contributed by atoms with Crippen molar-refractivity contribution in [2.24, 2.45) is 0 Å². The van der Waals surface area contributed by atoms with Gasteiger partial charge in [0.25, 0.3) is 0 Å².